The molecule has 0 aliphatic rings. The third-order valence-electron chi connectivity index (χ3n) is 3.23. The van der Waals surface area contributed by atoms with E-state index in [9.17, 15) is 9.59 Å². The maximum atomic E-state index is 12.0. The summed E-state index contributed by atoms with van der Waals surface area (Å²) in [6.45, 7) is 1.58. The number of carbonyl (C=O) groups excluding carboxylic acids is 2. The largest absolute Gasteiger partial charge is 0.452 e. The van der Waals surface area contributed by atoms with Gasteiger partial charge < -0.3 is 10.1 Å². The van der Waals surface area contributed by atoms with Gasteiger partial charge in [0.15, 0.2) is 6.61 Å². The van der Waals surface area contributed by atoms with Crippen molar-refractivity contribution in [3.63, 3.8) is 0 Å². The molecule has 0 bridgehead atoms. The van der Waals surface area contributed by atoms with Gasteiger partial charge in [0.05, 0.1) is 20.6 Å². The Labute approximate surface area is 154 Å². The molecule has 0 spiro atoms. The molecular formula is C17H14Cl3NO3. The van der Waals surface area contributed by atoms with E-state index in [1.807, 2.05) is 19.1 Å². The molecule has 2 aromatic rings. The molecule has 24 heavy (non-hydrogen) atoms. The molecule has 0 saturated carbocycles. The van der Waals surface area contributed by atoms with E-state index in [0.29, 0.717) is 5.69 Å². The van der Waals surface area contributed by atoms with Crippen LogP contribution in [-0.4, -0.2) is 18.5 Å². The van der Waals surface area contributed by atoms with Gasteiger partial charge in [0.2, 0.25) is 0 Å². The zero-order chi connectivity index (χ0) is 17.7. The van der Waals surface area contributed by atoms with Gasteiger partial charge in [-0.1, -0.05) is 53.9 Å². The number of aryl methyl sites for hydroxylation is 1. The summed E-state index contributed by atoms with van der Waals surface area (Å²) in [5.74, 6) is -1.29. The minimum atomic E-state index is -0.816. The highest BCUT2D eigenvalue weighted by Gasteiger charge is 2.19. The number of benzene rings is 2. The molecule has 4 nitrogen and oxygen atoms in total. The Bertz CT molecular complexity index is 760. The van der Waals surface area contributed by atoms with Gasteiger partial charge in [0.25, 0.3) is 5.91 Å². The van der Waals surface area contributed by atoms with Gasteiger partial charge in [-0.3, -0.25) is 4.79 Å². The predicted molar refractivity (Wildman–Crippen MR) is 96.2 cm³/mol. The first-order valence-corrected chi connectivity index (χ1v) is 8.25. The summed E-state index contributed by atoms with van der Waals surface area (Å²) in [5, 5.41) is 2.90. The molecule has 0 aliphatic heterocycles. The van der Waals surface area contributed by atoms with Crippen LogP contribution in [0.3, 0.4) is 0 Å². The molecule has 0 atom stereocenters. The molecule has 1 amide bonds. The van der Waals surface area contributed by atoms with Gasteiger partial charge in [0.1, 0.15) is 0 Å². The van der Waals surface area contributed by atoms with Crippen molar-refractivity contribution in [1.82, 2.24) is 0 Å². The smallest absolute Gasteiger partial charge is 0.341 e. The number of anilines is 1. The summed E-state index contributed by atoms with van der Waals surface area (Å²) in [4.78, 5) is 23.9. The van der Waals surface area contributed by atoms with Crippen LogP contribution in [0.2, 0.25) is 15.1 Å². The first kappa shape index (κ1) is 18.6. The maximum Gasteiger partial charge on any atom is 0.341 e. The van der Waals surface area contributed by atoms with Crippen LogP contribution in [0.5, 0.6) is 0 Å². The Kier molecular flexibility index (Phi) is 6.49. The summed E-state index contributed by atoms with van der Waals surface area (Å²) < 4.78 is 4.95. The van der Waals surface area contributed by atoms with Crippen molar-refractivity contribution < 1.29 is 14.3 Å². The Hall–Kier alpha value is -1.75. The lowest BCUT2D eigenvalue weighted by molar-refractivity contribution is -0.119. The number of nitrogens with one attached hydrogen (secondary N) is 1. The fourth-order valence-corrected chi connectivity index (χ4v) is 2.62. The zero-order valence-corrected chi connectivity index (χ0v) is 15.0. The van der Waals surface area contributed by atoms with Gasteiger partial charge >= 0.3 is 5.97 Å². The van der Waals surface area contributed by atoms with E-state index in [2.05, 4.69) is 5.32 Å². The summed E-state index contributed by atoms with van der Waals surface area (Å²) in [6, 6.07) is 10.3. The van der Waals surface area contributed by atoms with Crippen LogP contribution >= 0.6 is 34.8 Å². The van der Waals surface area contributed by atoms with Crippen molar-refractivity contribution in [2.75, 3.05) is 11.9 Å². The molecule has 0 fully saturated rings. The van der Waals surface area contributed by atoms with E-state index in [1.54, 1.807) is 12.1 Å². The number of hydrogen-bond acceptors (Lipinski definition) is 3. The lowest BCUT2D eigenvalue weighted by atomic mass is 10.1. The molecule has 2 rings (SSSR count). The van der Waals surface area contributed by atoms with Crippen molar-refractivity contribution in [3.05, 3.63) is 62.6 Å². The minimum Gasteiger partial charge on any atom is -0.452 e. The van der Waals surface area contributed by atoms with Crippen LogP contribution in [0.25, 0.3) is 0 Å². The Morgan fingerprint density at radius 2 is 1.62 bits per heavy atom. The first-order chi connectivity index (χ1) is 11.4. The molecule has 2 aromatic carbocycles. The van der Waals surface area contributed by atoms with Crippen LogP contribution in [0.15, 0.2) is 36.4 Å². The lowest BCUT2D eigenvalue weighted by Gasteiger charge is -2.09. The van der Waals surface area contributed by atoms with E-state index in [1.165, 1.54) is 12.1 Å². The third-order valence-corrected chi connectivity index (χ3v) is 4.35. The highest BCUT2D eigenvalue weighted by molar-refractivity contribution is 6.46. The highest BCUT2D eigenvalue weighted by atomic mass is 35.5. The summed E-state index contributed by atoms with van der Waals surface area (Å²) in [6.07, 6.45) is 0.910. The normalized spacial score (nSPS) is 10.3. The molecule has 126 valence electrons. The molecule has 0 saturated heterocycles. The van der Waals surface area contributed by atoms with Gasteiger partial charge in [-0.25, -0.2) is 4.79 Å². The summed E-state index contributed by atoms with van der Waals surface area (Å²) in [7, 11) is 0. The Morgan fingerprint density at radius 1 is 1.00 bits per heavy atom. The van der Waals surface area contributed by atoms with Gasteiger partial charge in [-0.15, -0.1) is 0 Å². The molecule has 0 aliphatic carbocycles. The second kappa shape index (κ2) is 8.38. The van der Waals surface area contributed by atoms with Crippen LogP contribution < -0.4 is 5.32 Å². The molecule has 0 unspecified atom stereocenters. The summed E-state index contributed by atoms with van der Waals surface area (Å²) in [5.41, 5.74) is 1.71. The standard InChI is InChI=1S/C17H14Cl3NO3/c1-2-10-3-5-11(6-4-10)21-14(22)9-24-17(23)15-12(18)7-8-13(19)16(15)20/h3-8H,2,9H2,1H3,(H,21,22). The highest BCUT2D eigenvalue weighted by Crippen LogP contribution is 2.31. The fourth-order valence-electron chi connectivity index (χ4n) is 1.94. The topological polar surface area (TPSA) is 55.4 Å². The number of esters is 1. The van der Waals surface area contributed by atoms with Crippen molar-refractivity contribution in [3.8, 4) is 0 Å². The molecule has 1 N–H and O–H groups in total. The van der Waals surface area contributed by atoms with Crippen molar-refractivity contribution in [2.24, 2.45) is 0 Å². The Balaban J connectivity index is 1.96. The molecular weight excluding hydrogens is 373 g/mol. The quantitative estimate of drug-likeness (QED) is 0.581. The number of ether oxygens (including phenoxy) is 1. The number of carbonyl (C=O) groups is 2. The van der Waals surface area contributed by atoms with E-state index in [-0.39, 0.29) is 20.6 Å². The fraction of sp³-hybridized carbons (Fsp3) is 0.176. The van der Waals surface area contributed by atoms with E-state index < -0.39 is 18.5 Å². The average molecular weight is 387 g/mol. The zero-order valence-electron chi connectivity index (χ0n) is 12.7. The van der Waals surface area contributed by atoms with Gasteiger partial charge in [-0.05, 0) is 36.2 Å². The maximum absolute atomic E-state index is 12.0. The van der Waals surface area contributed by atoms with Crippen molar-refractivity contribution in [1.29, 1.82) is 0 Å². The lowest BCUT2D eigenvalue weighted by Crippen LogP contribution is -2.21. The number of amides is 1. The van der Waals surface area contributed by atoms with E-state index in [0.717, 1.165) is 12.0 Å². The minimum absolute atomic E-state index is 0.00951. The van der Waals surface area contributed by atoms with E-state index in [4.69, 9.17) is 39.5 Å². The molecule has 0 radical (unpaired) electrons. The predicted octanol–water partition coefficient (Wildman–Crippen LogP) is 5.00. The second-order valence-electron chi connectivity index (χ2n) is 4.89. The number of rotatable bonds is 5. The monoisotopic (exact) mass is 385 g/mol. The van der Waals surface area contributed by atoms with Crippen LogP contribution in [0, 0.1) is 0 Å². The summed E-state index contributed by atoms with van der Waals surface area (Å²) >= 11 is 17.7. The average Bonchev–Trinajstić information content (AvgIpc) is 2.57. The van der Waals surface area contributed by atoms with Crippen LogP contribution in [-0.2, 0) is 16.0 Å². The molecule has 0 heterocycles. The molecule has 7 heteroatoms. The Morgan fingerprint density at radius 3 is 2.25 bits per heavy atom. The SMILES string of the molecule is CCc1ccc(NC(=O)COC(=O)c2c(Cl)ccc(Cl)c2Cl)cc1. The van der Waals surface area contributed by atoms with Gasteiger partial charge in [0, 0.05) is 5.69 Å². The number of halogens is 3. The third kappa shape index (κ3) is 4.63. The van der Waals surface area contributed by atoms with Gasteiger partial charge in [-0.2, -0.15) is 0 Å². The first-order valence-electron chi connectivity index (χ1n) is 7.11. The van der Waals surface area contributed by atoms with Crippen LogP contribution in [0.1, 0.15) is 22.8 Å². The van der Waals surface area contributed by atoms with Crippen molar-refractivity contribution in [2.45, 2.75) is 13.3 Å². The van der Waals surface area contributed by atoms with E-state index >= 15 is 0 Å². The molecule has 0 aromatic heterocycles. The number of hydrogen-bond donors (Lipinski definition) is 1. The van der Waals surface area contributed by atoms with Crippen LogP contribution in [0.4, 0.5) is 5.69 Å². The second-order valence-corrected chi connectivity index (χ2v) is 6.09. The van der Waals surface area contributed by atoms with Crippen molar-refractivity contribution >= 4 is 52.4 Å².